The van der Waals surface area contributed by atoms with Gasteiger partial charge in [-0.15, -0.1) is 0 Å². The van der Waals surface area contributed by atoms with Crippen LogP contribution in [0.25, 0.3) is 11.1 Å². The van der Waals surface area contributed by atoms with E-state index in [-0.39, 0.29) is 30.7 Å². The maximum absolute atomic E-state index is 13.3. The highest BCUT2D eigenvalue weighted by molar-refractivity contribution is 5.94. The summed E-state index contributed by atoms with van der Waals surface area (Å²) in [7, 11) is 0. The van der Waals surface area contributed by atoms with Gasteiger partial charge in [-0.05, 0) is 41.0 Å². The number of nitrogens with zero attached hydrogens (tertiary/aromatic N) is 1. The quantitative estimate of drug-likeness (QED) is 0.655. The van der Waals surface area contributed by atoms with Crippen molar-refractivity contribution in [2.75, 3.05) is 18.4 Å². The number of rotatable bonds is 4. The van der Waals surface area contributed by atoms with Crippen molar-refractivity contribution in [2.45, 2.75) is 5.92 Å². The molecule has 0 aliphatic carbocycles. The molecule has 0 radical (unpaired) electrons. The lowest BCUT2D eigenvalue weighted by Crippen LogP contribution is -2.30. The zero-order chi connectivity index (χ0) is 21.1. The summed E-state index contributed by atoms with van der Waals surface area (Å²) in [6.45, 7) is 0.296. The number of likely N-dealkylation sites (tertiary alicyclic amines) is 1. The van der Waals surface area contributed by atoms with Gasteiger partial charge in [0.25, 0.3) is 0 Å². The van der Waals surface area contributed by atoms with Gasteiger partial charge in [-0.2, -0.15) is 0 Å². The lowest BCUT2D eigenvalue weighted by molar-refractivity contribution is -0.119. The molecular weight excluding hydrogens is 383 g/mol. The fourth-order valence-electron chi connectivity index (χ4n) is 3.92. The Bertz CT molecular complexity index is 1050. The van der Waals surface area contributed by atoms with Crippen LogP contribution in [-0.4, -0.2) is 35.1 Å². The van der Waals surface area contributed by atoms with Crippen LogP contribution in [0.1, 0.15) is 11.5 Å². The molecule has 0 aromatic heterocycles. The molecule has 2 N–H and O–H groups in total. The van der Waals surface area contributed by atoms with Gasteiger partial charge in [-0.3, -0.25) is 4.79 Å². The van der Waals surface area contributed by atoms with Crippen LogP contribution >= 0.6 is 0 Å². The monoisotopic (exact) mass is 404 g/mol. The molecule has 0 saturated carbocycles. The minimum atomic E-state index is -1.07. The summed E-state index contributed by atoms with van der Waals surface area (Å²) in [4.78, 5) is 25.8. The summed E-state index contributed by atoms with van der Waals surface area (Å²) in [5.41, 5.74) is 3.41. The van der Waals surface area contributed by atoms with Crippen molar-refractivity contribution in [1.82, 2.24) is 4.90 Å². The molecule has 1 aliphatic rings. The highest BCUT2D eigenvalue weighted by Crippen LogP contribution is 2.34. The smallest absolute Gasteiger partial charge is 0.407 e. The van der Waals surface area contributed by atoms with Crippen molar-refractivity contribution >= 4 is 17.7 Å². The maximum atomic E-state index is 13.3. The number of nitrogens with one attached hydrogen (secondary N) is 1. The molecule has 0 bridgehead atoms. The molecule has 2 unspecified atom stereocenters. The van der Waals surface area contributed by atoms with E-state index in [1.807, 2.05) is 48.5 Å². The largest absolute Gasteiger partial charge is 0.465 e. The Hall–Kier alpha value is -3.67. The van der Waals surface area contributed by atoms with Gasteiger partial charge in [0, 0.05) is 24.7 Å². The average molecular weight is 404 g/mol. The average Bonchev–Trinajstić information content (AvgIpc) is 3.21. The highest BCUT2D eigenvalue weighted by Gasteiger charge is 2.40. The van der Waals surface area contributed by atoms with E-state index in [9.17, 15) is 19.1 Å². The highest BCUT2D eigenvalue weighted by atomic mass is 19.1. The van der Waals surface area contributed by atoms with Crippen molar-refractivity contribution in [2.24, 2.45) is 5.92 Å². The number of halogens is 1. The van der Waals surface area contributed by atoms with Crippen LogP contribution in [-0.2, 0) is 4.79 Å². The number of hydrogen-bond acceptors (Lipinski definition) is 2. The third-order valence-electron chi connectivity index (χ3n) is 5.46. The molecule has 5 nitrogen and oxygen atoms in total. The fraction of sp³-hybridized carbons (Fsp3) is 0.167. The van der Waals surface area contributed by atoms with Gasteiger partial charge in [0.1, 0.15) is 5.82 Å². The first kappa shape index (κ1) is 19.6. The molecule has 0 spiro atoms. The van der Waals surface area contributed by atoms with Crippen LogP contribution < -0.4 is 5.32 Å². The predicted molar refractivity (Wildman–Crippen MR) is 113 cm³/mol. The molecule has 1 aliphatic heterocycles. The predicted octanol–water partition coefficient (Wildman–Crippen LogP) is 4.82. The van der Waals surface area contributed by atoms with E-state index in [2.05, 4.69) is 5.32 Å². The molecule has 152 valence electrons. The molecule has 6 heteroatoms. The van der Waals surface area contributed by atoms with E-state index in [0.717, 1.165) is 16.7 Å². The summed E-state index contributed by atoms with van der Waals surface area (Å²) < 4.78 is 13.3. The van der Waals surface area contributed by atoms with Gasteiger partial charge < -0.3 is 15.3 Å². The molecule has 2 atom stereocenters. The summed E-state index contributed by atoms with van der Waals surface area (Å²) in [5, 5.41) is 12.3. The van der Waals surface area contributed by atoms with Crippen LogP contribution in [0.2, 0.25) is 0 Å². The normalized spacial score (nSPS) is 18.2. The second-order valence-corrected chi connectivity index (χ2v) is 7.39. The van der Waals surface area contributed by atoms with Gasteiger partial charge in [-0.25, -0.2) is 9.18 Å². The van der Waals surface area contributed by atoms with E-state index in [4.69, 9.17) is 0 Å². The van der Waals surface area contributed by atoms with Gasteiger partial charge in [0.2, 0.25) is 5.91 Å². The third kappa shape index (κ3) is 4.17. The second kappa shape index (κ2) is 8.37. The van der Waals surface area contributed by atoms with Crippen molar-refractivity contribution in [1.29, 1.82) is 0 Å². The Labute approximate surface area is 173 Å². The summed E-state index contributed by atoms with van der Waals surface area (Å²) in [6.07, 6.45) is -1.07. The Morgan fingerprint density at radius 2 is 1.60 bits per heavy atom. The van der Waals surface area contributed by atoms with Gasteiger partial charge in [-0.1, -0.05) is 54.6 Å². The number of benzene rings is 3. The number of amides is 2. The van der Waals surface area contributed by atoms with E-state index in [1.165, 1.54) is 17.0 Å². The zero-order valence-electron chi connectivity index (χ0n) is 16.2. The first-order chi connectivity index (χ1) is 14.5. The lowest BCUT2D eigenvalue weighted by atomic mass is 9.88. The number of carbonyl (C=O) groups is 2. The SMILES string of the molecule is O=C(Nc1cccc(-c2ccccc2)c1)C1CN(C(=O)O)CC1c1ccc(F)cc1. The molecule has 3 aromatic carbocycles. The molecular formula is C24H21FN2O3. The lowest BCUT2D eigenvalue weighted by Gasteiger charge is -2.18. The van der Waals surface area contributed by atoms with E-state index in [1.54, 1.807) is 18.2 Å². The van der Waals surface area contributed by atoms with E-state index >= 15 is 0 Å². The Morgan fingerprint density at radius 3 is 2.30 bits per heavy atom. The first-order valence-corrected chi connectivity index (χ1v) is 9.71. The van der Waals surface area contributed by atoms with Crippen LogP contribution in [0.4, 0.5) is 14.9 Å². The summed E-state index contributed by atoms with van der Waals surface area (Å²) in [5.74, 6) is -1.52. The Kier molecular flexibility index (Phi) is 5.48. The molecule has 3 aromatic rings. The number of carbonyl (C=O) groups excluding carboxylic acids is 1. The number of hydrogen-bond donors (Lipinski definition) is 2. The molecule has 1 saturated heterocycles. The van der Waals surface area contributed by atoms with Gasteiger partial charge in [0.15, 0.2) is 0 Å². The topological polar surface area (TPSA) is 69.6 Å². The summed E-state index contributed by atoms with van der Waals surface area (Å²) >= 11 is 0. The van der Waals surface area contributed by atoms with Crippen LogP contribution in [0, 0.1) is 11.7 Å². The van der Waals surface area contributed by atoms with Gasteiger partial charge >= 0.3 is 6.09 Å². The van der Waals surface area contributed by atoms with Crippen molar-refractivity contribution in [3.05, 3.63) is 90.2 Å². The van der Waals surface area contributed by atoms with E-state index < -0.39 is 12.0 Å². The molecule has 4 rings (SSSR count). The second-order valence-electron chi connectivity index (χ2n) is 7.39. The fourth-order valence-corrected chi connectivity index (χ4v) is 3.92. The molecule has 1 heterocycles. The van der Waals surface area contributed by atoms with Crippen molar-refractivity contribution < 1.29 is 19.1 Å². The standard InChI is InChI=1S/C24H21FN2O3/c25-19-11-9-17(10-12-19)21-14-27(24(29)30)15-22(21)23(28)26-20-8-4-7-18(13-20)16-5-2-1-3-6-16/h1-13,21-22H,14-15H2,(H,26,28)(H,29,30). The third-order valence-corrected chi connectivity index (χ3v) is 5.46. The van der Waals surface area contributed by atoms with E-state index in [0.29, 0.717) is 5.69 Å². The van der Waals surface area contributed by atoms with Crippen molar-refractivity contribution in [3.63, 3.8) is 0 Å². The van der Waals surface area contributed by atoms with Crippen molar-refractivity contribution in [3.8, 4) is 11.1 Å². The molecule has 30 heavy (non-hydrogen) atoms. The van der Waals surface area contributed by atoms with Gasteiger partial charge in [0.05, 0.1) is 5.92 Å². The first-order valence-electron chi connectivity index (χ1n) is 9.71. The Morgan fingerprint density at radius 1 is 0.900 bits per heavy atom. The van der Waals surface area contributed by atoms with Crippen LogP contribution in [0.15, 0.2) is 78.9 Å². The molecule has 2 amide bonds. The zero-order valence-corrected chi connectivity index (χ0v) is 16.2. The minimum Gasteiger partial charge on any atom is -0.465 e. The maximum Gasteiger partial charge on any atom is 0.407 e. The number of anilines is 1. The minimum absolute atomic E-state index is 0.0988. The Balaban J connectivity index is 1.56. The van der Waals surface area contributed by atoms with Crippen LogP contribution in [0.3, 0.4) is 0 Å². The summed E-state index contributed by atoms with van der Waals surface area (Å²) in [6, 6.07) is 23.3. The molecule has 1 fully saturated rings. The number of carboxylic acid groups (broad SMARTS) is 1. The van der Waals surface area contributed by atoms with Crippen LogP contribution in [0.5, 0.6) is 0 Å².